The van der Waals surface area contributed by atoms with Gasteiger partial charge in [0.25, 0.3) is 0 Å². The van der Waals surface area contributed by atoms with E-state index in [0.717, 1.165) is 13.0 Å². The largest absolute Gasteiger partial charge is 0.314 e. The van der Waals surface area contributed by atoms with Crippen molar-refractivity contribution in [3.8, 4) is 0 Å². The van der Waals surface area contributed by atoms with Crippen molar-refractivity contribution in [2.45, 2.75) is 54.0 Å². The third-order valence-corrected chi connectivity index (χ3v) is 3.83. The molecule has 0 saturated heterocycles. The highest BCUT2D eigenvalue weighted by molar-refractivity contribution is 5.38. The summed E-state index contributed by atoms with van der Waals surface area (Å²) >= 11 is 0. The van der Waals surface area contributed by atoms with E-state index in [1.807, 2.05) is 0 Å². The zero-order chi connectivity index (χ0) is 14.6. The van der Waals surface area contributed by atoms with E-state index >= 15 is 0 Å². The van der Waals surface area contributed by atoms with E-state index in [-0.39, 0.29) is 5.41 Å². The van der Waals surface area contributed by atoms with Gasteiger partial charge in [-0.1, -0.05) is 44.5 Å². The predicted molar refractivity (Wildman–Crippen MR) is 85.8 cm³/mol. The summed E-state index contributed by atoms with van der Waals surface area (Å²) in [5, 5.41) is 3.54. The third kappa shape index (κ3) is 4.50. The first-order valence-electron chi connectivity index (χ1n) is 7.21. The maximum atomic E-state index is 4.04. The molecule has 106 valence electrons. The fourth-order valence-electron chi connectivity index (χ4n) is 2.54. The van der Waals surface area contributed by atoms with Gasteiger partial charge in [-0.05, 0) is 43.9 Å². The third-order valence-electron chi connectivity index (χ3n) is 3.83. The van der Waals surface area contributed by atoms with Crippen LogP contribution in [0.15, 0.2) is 24.8 Å². The van der Waals surface area contributed by atoms with Gasteiger partial charge >= 0.3 is 0 Å². The Labute approximate surface area is 119 Å². The molecule has 1 unspecified atom stereocenters. The number of rotatable bonds is 6. The van der Waals surface area contributed by atoms with Crippen molar-refractivity contribution in [1.82, 2.24) is 5.32 Å². The van der Waals surface area contributed by atoms with Crippen LogP contribution in [0.5, 0.6) is 0 Å². The lowest BCUT2D eigenvalue weighted by molar-refractivity contribution is 0.372. The van der Waals surface area contributed by atoms with Gasteiger partial charge in [0.05, 0.1) is 0 Å². The second-order valence-corrected chi connectivity index (χ2v) is 6.45. The monoisotopic (exact) mass is 259 g/mol. The van der Waals surface area contributed by atoms with Crippen LogP contribution in [0, 0.1) is 26.2 Å². The van der Waals surface area contributed by atoms with Crippen LogP contribution in [-0.2, 0) is 6.42 Å². The van der Waals surface area contributed by atoms with Gasteiger partial charge in [-0.15, -0.1) is 6.58 Å². The van der Waals surface area contributed by atoms with Crippen LogP contribution < -0.4 is 5.32 Å². The lowest BCUT2D eigenvalue weighted by Crippen LogP contribution is -2.36. The van der Waals surface area contributed by atoms with Crippen LogP contribution in [0.1, 0.15) is 43.0 Å². The summed E-state index contributed by atoms with van der Waals surface area (Å²) in [6.45, 7) is 18.3. The Kier molecular flexibility index (Phi) is 5.37. The molecule has 1 aromatic rings. The summed E-state index contributed by atoms with van der Waals surface area (Å²) in [7, 11) is 0. The van der Waals surface area contributed by atoms with E-state index in [1.165, 1.54) is 22.3 Å². The van der Waals surface area contributed by atoms with Crippen LogP contribution in [0.2, 0.25) is 0 Å². The predicted octanol–water partition coefficient (Wildman–Crippen LogP) is 4.34. The first-order valence-corrected chi connectivity index (χ1v) is 7.21. The first-order chi connectivity index (χ1) is 8.77. The minimum Gasteiger partial charge on any atom is -0.314 e. The van der Waals surface area contributed by atoms with E-state index in [1.54, 1.807) is 0 Å². The number of nitrogens with one attached hydrogen (secondary N) is 1. The van der Waals surface area contributed by atoms with Crippen LogP contribution in [0.3, 0.4) is 0 Å². The number of hydrogen-bond acceptors (Lipinski definition) is 1. The van der Waals surface area contributed by atoms with Crippen LogP contribution in [0.25, 0.3) is 0 Å². The fourth-order valence-corrected chi connectivity index (χ4v) is 2.54. The zero-order valence-corrected chi connectivity index (χ0v) is 13.4. The second-order valence-electron chi connectivity index (χ2n) is 6.45. The highest BCUT2D eigenvalue weighted by Gasteiger charge is 2.22. The molecule has 0 radical (unpaired) electrons. The van der Waals surface area contributed by atoms with Crippen LogP contribution >= 0.6 is 0 Å². The van der Waals surface area contributed by atoms with Crippen molar-refractivity contribution in [1.29, 1.82) is 0 Å². The quantitative estimate of drug-likeness (QED) is 0.749. The van der Waals surface area contributed by atoms with Crippen LogP contribution in [0.4, 0.5) is 0 Å². The van der Waals surface area contributed by atoms with Gasteiger partial charge in [-0.25, -0.2) is 0 Å². The summed E-state index contributed by atoms with van der Waals surface area (Å²) in [5.74, 6) is 0. The molecule has 1 atom stereocenters. The topological polar surface area (TPSA) is 12.0 Å². The van der Waals surface area contributed by atoms with Crippen molar-refractivity contribution in [2.75, 3.05) is 6.54 Å². The average molecular weight is 259 g/mol. The fraction of sp³-hybridized carbons (Fsp3) is 0.556. The maximum Gasteiger partial charge on any atom is 0.00453 e. The van der Waals surface area contributed by atoms with Gasteiger partial charge in [-0.3, -0.25) is 0 Å². The molecule has 0 spiro atoms. The Morgan fingerprint density at radius 2 is 1.74 bits per heavy atom. The van der Waals surface area contributed by atoms with Crippen molar-refractivity contribution in [3.05, 3.63) is 47.0 Å². The van der Waals surface area contributed by atoms with E-state index in [4.69, 9.17) is 0 Å². The number of aryl methyl sites for hydroxylation is 3. The average Bonchev–Trinajstić information content (AvgIpc) is 2.31. The van der Waals surface area contributed by atoms with Gasteiger partial charge in [0.2, 0.25) is 0 Å². The highest BCUT2D eigenvalue weighted by atomic mass is 14.9. The molecule has 1 nitrogen and oxygen atoms in total. The molecule has 1 heteroatoms. The molecular weight excluding hydrogens is 230 g/mol. The van der Waals surface area contributed by atoms with Crippen molar-refractivity contribution in [2.24, 2.45) is 5.41 Å². The van der Waals surface area contributed by atoms with E-state index in [2.05, 4.69) is 71.6 Å². The Hall–Kier alpha value is -1.08. The smallest absolute Gasteiger partial charge is 0.00453 e. The Morgan fingerprint density at radius 1 is 1.21 bits per heavy atom. The normalized spacial score (nSPS) is 14.5. The number of benzene rings is 1. The van der Waals surface area contributed by atoms with Gasteiger partial charge in [0, 0.05) is 18.0 Å². The van der Waals surface area contributed by atoms with Gasteiger partial charge < -0.3 is 5.32 Å². The zero-order valence-electron chi connectivity index (χ0n) is 13.4. The van der Waals surface area contributed by atoms with Crippen molar-refractivity contribution < 1.29 is 0 Å². The van der Waals surface area contributed by atoms with Crippen LogP contribution in [-0.4, -0.2) is 12.6 Å². The maximum absolute atomic E-state index is 4.04. The summed E-state index contributed by atoms with van der Waals surface area (Å²) in [6, 6.07) is 5.07. The standard InChI is InChI=1S/C18H29N/c1-8-18(7,12-19-13(2)3)11-17-15(5)9-14(4)10-16(17)6/h8-10,13,19H,1,11-12H2,2-7H3. The van der Waals surface area contributed by atoms with E-state index in [0.29, 0.717) is 6.04 Å². The van der Waals surface area contributed by atoms with Crippen molar-refractivity contribution >= 4 is 0 Å². The molecule has 0 aliphatic rings. The molecule has 0 bridgehead atoms. The molecule has 0 amide bonds. The van der Waals surface area contributed by atoms with Crippen molar-refractivity contribution in [3.63, 3.8) is 0 Å². The Morgan fingerprint density at radius 3 is 2.16 bits per heavy atom. The summed E-state index contributed by atoms with van der Waals surface area (Å²) in [4.78, 5) is 0. The molecule has 0 fully saturated rings. The SMILES string of the molecule is C=CC(C)(CNC(C)C)Cc1c(C)cc(C)cc1C. The summed E-state index contributed by atoms with van der Waals surface area (Å²) in [5.41, 5.74) is 5.72. The highest BCUT2D eigenvalue weighted by Crippen LogP contribution is 2.28. The van der Waals surface area contributed by atoms with Gasteiger partial charge in [0.1, 0.15) is 0 Å². The Bertz CT molecular complexity index is 422. The molecule has 1 N–H and O–H groups in total. The molecule has 0 heterocycles. The van der Waals surface area contributed by atoms with Gasteiger partial charge in [0.15, 0.2) is 0 Å². The second kappa shape index (κ2) is 6.38. The Balaban J connectivity index is 2.95. The molecule has 1 aromatic carbocycles. The lowest BCUT2D eigenvalue weighted by atomic mass is 9.80. The molecule has 0 aliphatic carbocycles. The summed E-state index contributed by atoms with van der Waals surface area (Å²) in [6.07, 6.45) is 3.15. The first kappa shape index (κ1) is 16.0. The molecule has 19 heavy (non-hydrogen) atoms. The van der Waals surface area contributed by atoms with E-state index < -0.39 is 0 Å². The molecule has 0 aliphatic heterocycles. The molecule has 1 rings (SSSR count). The minimum absolute atomic E-state index is 0.106. The number of hydrogen-bond donors (Lipinski definition) is 1. The molecular formula is C18H29N. The minimum atomic E-state index is 0.106. The van der Waals surface area contributed by atoms with Gasteiger partial charge in [-0.2, -0.15) is 0 Å². The van der Waals surface area contributed by atoms with E-state index in [9.17, 15) is 0 Å². The molecule has 0 aromatic heterocycles. The lowest BCUT2D eigenvalue weighted by Gasteiger charge is -2.29. The summed E-state index contributed by atoms with van der Waals surface area (Å²) < 4.78 is 0. The molecule has 0 saturated carbocycles.